The number of carbonyl (C=O) groups excluding carboxylic acids is 2. The number of aromatic nitrogens is 3. The molecule has 8 heteroatoms. The van der Waals surface area contributed by atoms with Gasteiger partial charge in [-0.1, -0.05) is 17.3 Å². The molecule has 1 aliphatic heterocycles. The van der Waals surface area contributed by atoms with E-state index in [1.165, 1.54) is 0 Å². The first-order valence-corrected chi connectivity index (χ1v) is 8.84. The minimum atomic E-state index is -0.349. The molecule has 0 spiro atoms. The fourth-order valence-corrected chi connectivity index (χ4v) is 2.88. The lowest BCUT2D eigenvalue weighted by Gasteiger charge is -2.22. The van der Waals surface area contributed by atoms with Crippen LogP contribution in [0.5, 0.6) is 0 Å². The summed E-state index contributed by atoms with van der Waals surface area (Å²) in [4.78, 5) is 23.9. The zero-order chi connectivity index (χ0) is 18.4. The molecule has 2 N–H and O–H groups in total. The Morgan fingerprint density at radius 3 is 2.69 bits per heavy atom. The number of rotatable bonds is 6. The van der Waals surface area contributed by atoms with Gasteiger partial charge in [-0.2, -0.15) is 0 Å². The molecule has 0 bridgehead atoms. The average Bonchev–Trinajstić information content (AvgIpc) is 3.18. The number of nitrogens with one attached hydrogen (secondary N) is 2. The predicted octanol–water partition coefficient (Wildman–Crippen LogP) is 1.31. The fraction of sp³-hybridized carbons (Fsp3) is 0.444. The monoisotopic (exact) mass is 357 g/mol. The molecule has 0 radical (unpaired) electrons. The van der Waals surface area contributed by atoms with Crippen molar-refractivity contribution >= 4 is 11.9 Å². The molecule has 0 aliphatic carbocycles. The highest BCUT2D eigenvalue weighted by Crippen LogP contribution is 2.17. The van der Waals surface area contributed by atoms with Crippen LogP contribution in [0.3, 0.4) is 0 Å². The quantitative estimate of drug-likeness (QED) is 0.757. The van der Waals surface area contributed by atoms with Crippen LogP contribution in [0.1, 0.15) is 52.2 Å². The molecule has 2 heterocycles. The van der Waals surface area contributed by atoms with Gasteiger partial charge in [0.2, 0.25) is 0 Å². The summed E-state index contributed by atoms with van der Waals surface area (Å²) < 4.78 is 6.73. The second-order valence-corrected chi connectivity index (χ2v) is 6.17. The molecule has 8 nitrogen and oxygen atoms in total. The standard InChI is InChI=1S/C18H23N5O3/c1-2-26-18(25)14-5-3-13(4-6-14)11-20-17(24)16-12-23(22-21-16)15-7-9-19-10-8-15/h3-6,12,15,19H,2,7-11H2,1H3,(H,20,24). The van der Waals surface area contributed by atoms with Crippen molar-refractivity contribution in [3.05, 3.63) is 47.3 Å². The molecule has 0 saturated carbocycles. The molecule has 26 heavy (non-hydrogen) atoms. The number of esters is 1. The lowest BCUT2D eigenvalue weighted by Crippen LogP contribution is -2.29. The predicted molar refractivity (Wildman–Crippen MR) is 94.7 cm³/mol. The Morgan fingerprint density at radius 2 is 2.00 bits per heavy atom. The van der Waals surface area contributed by atoms with E-state index in [4.69, 9.17) is 4.74 Å². The Kier molecular flexibility index (Phi) is 5.96. The molecular weight excluding hydrogens is 334 g/mol. The van der Waals surface area contributed by atoms with Crippen LogP contribution in [0.2, 0.25) is 0 Å². The van der Waals surface area contributed by atoms with Crippen molar-refractivity contribution in [3.63, 3.8) is 0 Å². The number of carbonyl (C=O) groups is 2. The molecule has 1 saturated heterocycles. The third kappa shape index (κ3) is 4.45. The summed E-state index contributed by atoms with van der Waals surface area (Å²) in [6.45, 7) is 4.36. The van der Waals surface area contributed by atoms with Crippen molar-refractivity contribution in [1.82, 2.24) is 25.6 Å². The first-order valence-electron chi connectivity index (χ1n) is 8.84. The van der Waals surface area contributed by atoms with Crippen LogP contribution in [0, 0.1) is 0 Å². The summed E-state index contributed by atoms with van der Waals surface area (Å²) in [5.74, 6) is -0.614. The van der Waals surface area contributed by atoms with E-state index < -0.39 is 0 Å². The lowest BCUT2D eigenvalue weighted by atomic mass is 10.1. The summed E-state index contributed by atoms with van der Waals surface area (Å²) in [5.41, 5.74) is 1.69. The van der Waals surface area contributed by atoms with E-state index in [9.17, 15) is 9.59 Å². The second-order valence-electron chi connectivity index (χ2n) is 6.17. The van der Waals surface area contributed by atoms with Gasteiger partial charge in [0.1, 0.15) is 0 Å². The molecule has 1 aromatic heterocycles. The maximum Gasteiger partial charge on any atom is 0.338 e. The Hall–Kier alpha value is -2.74. The molecule has 1 amide bonds. The maximum atomic E-state index is 12.3. The Balaban J connectivity index is 1.54. The first-order chi connectivity index (χ1) is 12.7. The SMILES string of the molecule is CCOC(=O)c1ccc(CNC(=O)c2cn(C3CCNCC3)nn2)cc1. The van der Waals surface area contributed by atoms with Crippen molar-refractivity contribution in [2.75, 3.05) is 19.7 Å². The van der Waals surface area contributed by atoms with Crippen molar-refractivity contribution < 1.29 is 14.3 Å². The largest absolute Gasteiger partial charge is 0.462 e. The fourth-order valence-electron chi connectivity index (χ4n) is 2.88. The van der Waals surface area contributed by atoms with Crippen LogP contribution in [0.15, 0.2) is 30.5 Å². The molecule has 1 aromatic carbocycles. The highest BCUT2D eigenvalue weighted by atomic mass is 16.5. The summed E-state index contributed by atoms with van der Waals surface area (Å²) in [6, 6.07) is 7.25. The number of hydrogen-bond acceptors (Lipinski definition) is 6. The van der Waals surface area contributed by atoms with E-state index in [0.29, 0.717) is 30.5 Å². The Bertz CT molecular complexity index is 750. The Labute approximate surface area is 151 Å². The van der Waals surface area contributed by atoms with Crippen molar-refractivity contribution in [2.24, 2.45) is 0 Å². The minimum Gasteiger partial charge on any atom is -0.462 e. The van der Waals surface area contributed by atoms with Gasteiger partial charge in [-0.05, 0) is 50.6 Å². The summed E-state index contributed by atoms with van der Waals surface area (Å²) in [5, 5.41) is 14.2. The molecule has 138 valence electrons. The number of ether oxygens (including phenoxy) is 1. The average molecular weight is 357 g/mol. The van der Waals surface area contributed by atoms with Crippen molar-refractivity contribution in [2.45, 2.75) is 32.4 Å². The van der Waals surface area contributed by atoms with E-state index in [0.717, 1.165) is 31.5 Å². The van der Waals surface area contributed by atoms with E-state index >= 15 is 0 Å². The van der Waals surface area contributed by atoms with Crippen molar-refractivity contribution in [1.29, 1.82) is 0 Å². The summed E-state index contributed by atoms with van der Waals surface area (Å²) in [7, 11) is 0. The highest BCUT2D eigenvalue weighted by molar-refractivity contribution is 5.92. The first kappa shape index (κ1) is 18.1. The Morgan fingerprint density at radius 1 is 1.27 bits per heavy atom. The zero-order valence-corrected chi connectivity index (χ0v) is 14.8. The number of nitrogens with zero attached hydrogens (tertiary/aromatic N) is 3. The highest BCUT2D eigenvalue weighted by Gasteiger charge is 2.18. The number of piperidine rings is 1. The third-order valence-corrected chi connectivity index (χ3v) is 4.34. The van der Waals surface area contributed by atoms with Gasteiger partial charge in [0.15, 0.2) is 5.69 Å². The van der Waals surface area contributed by atoms with Crippen LogP contribution < -0.4 is 10.6 Å². The number of benzene rings is 1. The molecule has 2 aromatic rings. The van der Waals surface area contributed by atoms with Crippen LogP contribution in [-0.2, 0) is 11.3 Å². The maximum absolute atomic E-state index is 12.3. The molecule has 0 atom stereocenters. The van der Waals surface area contributed by atoms with Crippen LogP contribution in [-0.4, -0.2) is 46.6 Å². The third-order valence-electron chi connectivity index (χ3n) is 4.34. The summed E-state index contributed by atoms with van der Waals surface area (Å²) >= 11 is 0. The van der Waals surface area contributed by atoms with Crippen LogP contribution in [0.25, 0.3) is 0 Å². The molecular formula is C18H23N5O3. The van der Waals surface area contributed by atoms with Gasteiger partial charge >= 0.3 is 5.97 Å². The van der Waals surface area contributed by atoms with Gasteiger partial charge in [0.05, 0.1) is 24.4 Å². The molecule has 1 fully saturated rings. The molecule has 1 aliphatic rings. The minimum absolute atomic E-state index is 0.264. The van der Waals surface area contributed by atoms with Crippen LogP contribution in [0.4, 0.5) is 0 Å². The van der Waals surface area contributed by atoms with Crippen molar-refractivity contribution in [3.8, 4) is 0 Å². The van der Waals surface area contributed by atoms with E-state index in [2.05, 4.69) is 20.9 Å². The lowest BCUT2D eigenvalue weighted by molar-refractivity contribution is 0.0526. The normalized spacial score (nSPS) is 14.8. The van der Waals surface area contributed by atoms with Gasteiger partial charge in [0.25, 0.3) is 5.91 Å². The summed E-state index contributed by atoms with van der Waals surface area (Å²) in [6.07, 6.45) is 3.67. The number of amides is 1. The zero-order valence-electron chi connectivity index (χ0n) is 14.8. The topological polar surface area (TPSA) is 98.1 Å². The van der Waals surface area contributed by atoms with Crippen LogP contribution >= 0.6 is 0 Å². The van der Waals surface area contributed by atoms with E-state index in [-0.39, 0.29) is 11.9 Å². The van der Waals surface area contributed by atoms with Gasteiger partial charge < -0.3 is 15.4 Å². The number of hydrogen-bond donors (Lipinski definition) is 2. The smallest absolute Gasteiger partial charge is 0.338 e. The van der Waals surface area contributed by atoms with E-state index in [1.807, 2.05) is 0 Å². The van der Waals surface area contributed by atoms with Gasteiger partial charge in [-0.3, -0.25) is 4.79 Å². The van der Waals surface area contributed by atoms with Gasteiger partial charge in [-0.15, -0.1) is 5.10 Å². The van der Waals surface area contributed by atoms with Gasteiger partial charge in [-0.25, -0.2) is 9.48 Å². The van der Waals surface area contributed by atoms with E-state index in [1.54, 1.807) is 42.1 Å². The molecule has 0 unspecified atom stereocenters. The molecule has 3 rings (SSSR count). The van der Waals surface area contributed by atoms with Gasteiger partial charge in [0, 0.05) is 6.54 Å². The second kappa shape index (κ2) is 8.57.